The highest BCUT2D eigenvalue weighted by molar-refractivity contribution is 7.80. The lowest BCUT2D eigenvalue weighted by atomic mass is 9.88. The van der Waals surface area contributed by atoms with Crippen LogP contribution in [0.15, 0.2) is 0 Å². The molecular formula is C14H24N2O2S. The summed E-state index contributed by atoms with van der Waals surface area (Å²) in [6.07, 6.45) is 7.91. The maximum Gasteiger partial charge on any atom is 0.252 e. The second-order valence-electron chi connectivity index (χ2n) is 6.00. The summed E-state index contributed by atoms with van der Waals surface area (Å²) in [5.41, 5.74) is 4.73. The molecule has 2 fully saturated rings. The number of rotatable bonds is 3. The Hall–Kier alpha value is -0.680. The predicted octanol–water partition coefficient (Wildman–Crippen LogP) is 2.05. The van der Waals surface area contributed by atoms with Crippen molar-refractivity contribution in [2.24, 2.45) is 5.73 Å². The van der Waals surface area contributed by atoms with E-state index in [1.807, 2.05) is 6.92 Å². The number of hydrogen-bond donors (Lipinski definition) is 2. The van der Waals surface area contributed by atoms with E-state index in [1.54, 1.807) is 0 Å². The molecule has 1 atom stereocenters. The number of nitrogens with two attached hydrogens (primary N) is 1. The third kappa shape index (κ3) is 3.08. The van der Waals surface area contributed by atoms with Gasteiger partial charge in [0.15, 0.2) is 0 Å². The number of amides is 1. The van der Waals surface area contributed by atoms with Crippen LogP contribution in [0.25, 0.3) is 0 Å². The van der Waals surface area contributed by atoms with Crippen LogP contribution in [0, 0.1) is 0 Å². The van der Waals surface area contributed by atoms with E-state index in [-0.39, 0.29) is 5.91 Å². The minimum Gasteiger partial charge on any atom is -0.391 e. The number of nitrogens with one attached hydrogen (secondary N) is 1. The molecule has 19 heavy (non-hydrogen) atoms. The second-order valence-corrected chi connectivity index (χ2v) is 6.44. The molecule has 0 spiro atoms. The molecule has 0 radical (unpaired) electrons. The van der Waals surface area contributed by atoms with Crippen LogP contribution in [-0.4, -0.2) is 28.6 Å². The predicted molar refractivity (Wildman–Crippen MR) is 79.0 cm³/mol. The minimum absolute atomic E-state index is 0.0558. The van der Waals surface area contributed by atoms with E-state index in [2.05, 4.69) is 5.32 Å². The maximum atomic E-state index is 12.5. The molecule has 1 saturated carbocycles. The van der Waals surface area contributed by atoms with Crippen molar-refractivity contribution in [1.29, 1.82) is 0 Å². The van der Waals surface area contributed by atoms with Crippen molar-refractivity contribution >= 4 is 23.1 Å². The van der Waals surface area contributed by atoms with Crippen LogP contribution in [0.5, 0.6) is 0 Å². The first-order valence-electron chi connectivity index (χ1n) is 7.25. The summed E-state index contributed by atoms with van der Waals surface area (Å²) >= 11 is 5.24. The third-order valence-corrected chi connectivity index (χ3v) is 4.87. The lowest BCUT2D eigenvalue weighted by Gasteiger charge is -2.36. The van der Waals surface area contributed by atoms with E-state index in [9.17, 15) is 4.79 Å². The van der Waals surface area contributed by atoms with E-state index < -0.39 is 11.1 Å². The Morgan fingerprint density at radius 2 is 1.79 bits per heavy atom. The van der Waals surface area contributed by atoms with Crippen molar-refractivity contribution in [2.45, 2.75) is 69.4 Å². The van der Waals surface area contributed by atoms with Crippen molar-refractivity contribution in [3.63, 3.8) is 0 Å². The van der Waals surface area contributed by atoms with Gasteiger partial charge in [-0.1, -0.05) is 37.9 Å². The van der Waals surface area contributed by atoms with Crippen molar-refractivity contribution < 1.29 is 9.53 Å². The van der Waals surface area contributed by atoms with Gasteiger partial charge in [0.25, 0.3) is 5.91 Å². The van der Waals surface area contributed by atoms with Crippen molar-refractivity contribution in [2.75, 3.05) is 6.61 Å². The normalized spacial score (nSPS) is 30.6. The standard InChI is InChI=1S/C14H24N2O2S/c1-13(7-6-10-18-13)12(17)16-14(11(15)19)8-4-2-3-5-9-14/h2-10H2,1H3,(H2,15,19)(H,16,17). The molecule has 1 unspecified atom stereocenters. The SMILES string of the molecule is CC1(C(=O)NC2(C(N)=S)CCCCCC2)CCCO1. The van der Waals surface area contributed by atoms with Gasteiger partial charge in [-0.05, 0) is 32.6 Å². The van der Waals surface area contributed by atoms with Gasteiger partial charge >= 0.3 is 0 Å². The summed E-state index contributed by atoms with van der Waals surface area (Å²) in [5, 5.41) is 3.12. The number of thiocarbonyl (C=S) groups is 1. The second kappa shape index (κ2) is 5.75. The molecule has 0 aromatic carbocycles. The van der Waals surface area contributed by atoms with Crippen LogP contribution >= 0.6 is 12.2 Å². The van der Waals surface area contributed by atoms with Gasteiger partial charge < -0.3 is 15.8 Å². The minimum atomic E-state index is -0.704. The van der Waals surface area contributed by atoms with E-state index in [1.165, 1.54) is 12.8 Å². The van der Waals surface area contributed by atoms with Gasteiger partial charge in [-0.25, -0.2) is 0 Å². The third-order valence-electron chi connectivity index (χ3n) is 4.48. The van der Waals surface area contributed by atoms with Gasteiger partial charge in [0.2, 0.25) is 0 Å². The van der Waals surface area contributed by atoms with Gasteiger partial charge in [0, 0.05) is 6.61 Å². The zero-order chi connectivity index (χ0) is 13.9. The Bertz CT molecular complexity index is 356. The maximum absolute atomic E-state index is 12.5. The van der Waals surface area contributed by atoms with Gasteiger partial charge in [0.1, 0.15) is 5.60 Å². The molecule has 1 aliphatic carbocycles. The smallest absolute Gasteiger partial charge is 0.252 e. The molecule has 0 bridgehead atoms. The van der Waals surface area contributed by atoms with E-state index >= 15 is 0 Å². The summed E-state index contributed by atoms with van der Waals surface area (Å²) in [7, 11) is 0. The quantitative estimate of drug-likeness (QED) is 0.615. The zero-order valence-corrected chi connectivity index (χ0v) is 12.5. The number of carbonyl (C=O) groups is 1. The highest BCUT2D eigenvalue weighted by Gasteiger charge is 2.43. The lowest BCUT2D eigenvalue weighted by Crippen LogP contribution is -2.60. The van der Waals surface area contributed by atoms with Crippen LogP contribution in [0.1, 0.15) is 58.3 Å². The average Bonchev–Trinajstić information content (AvgIpc) is 2.67. The molecule has 0 aromatic rings. The summed E-state index contributed by atoms with van der Waals surface area (Å²) in [5.74, 6) is -0.0558. The first-order chi connectivity index (χ1) is 8.99. The van der Waals surface area contributed by atoms with Crippen molar-refractivity contribution in [3.8, 4) is 0 Å². The number of hydrogen-bond acceptors (Lipinski definition) is 3. The average molecular weight is 284 g/mol. The Kier molecular flexibility index (Phi) is 4.46. The van der Waals surface area contributed by atoms with Crippen LogP contribution in [0.3, 0.4) is 0 Å². The highest BCUT2D eigenvalue weighted by atomic mass is 32.1. The first kappa shape index (κ1) is 14.7. The fraction of sp³-hybridized carbons (Fsp3) is 0.857. The van der Waals surface area contributed by atoms with Gasteiger partial charge in [-0.2, -0.15) is 0 Å². The zero-order valence-electron chi connectivity index (χ0n) is 11.7. The van der Waals surface area contributed by atoms with Crippen LogP contribution in [0.4, 0.5) is 0 Å². The van der Waals surface area contributed by atoms with Crippen LogP contribution < -0.4 is 11.1 Å². The van der Waals surface area contributed by atoms with Gasteiger partial charge in [0.05, 0.1) is 10.5 Å². The fourth-order valence-electron chi connectivity index (χ4n) is 3.07. The van der Waals surface area contributed by atoms with E-state index in [4.69, 9.17) is 22.7 Å². The summed E-state index contributed by atoms with van der Waals surface area (Å²) in [6.45, 7) is 2.52. The Labute approximate surface area is 120 Å². The van der Waals surface area contributed by atoms with E-state index in [0.29, 0.717) is 11.6 Å². The molecular weight excluding hydrogens is 260 g/mol. The number of carbonyl (C=O) groups excluding carboxylic acids is 1. The van der Waals surface area contributed by atoms with Crippen molar-refractivity contribution in [1.82, 2.24) is 5.32 Å². The lowest BCUT2D eigenvalue weighted by molar-refractivity contribution is -0.141. The number of ether oxygens (including phenoxy) is 1. The molecule has 2 rings (SSSR count). The Balaban J connectivity index is 2.11. The molecule has 4 nitrogen and oxygen atoms in total. The summed E-state index contributed by atoms with van der Waals surface area (Å²) in [4.78, 5) is 12.9. The molecule has 3 N–H and O–H groups in total. The molecule has 5 heteroatoms. The van der Waals surface area contributed by atoms with Crippen molar-refractivity contribution in [3.05, 3.63) is 0 Å². The molecule has 2 aliphatic rings. The molecule has 1 saturated heterocycles. The molecule has 1 amide bonds. The largest absolute Gasteiger partial charge is 0.391 e. The van der Waals surface area contributed by atoms with Gasteiger partial charge in [-0.3, -0.25) is 4.79 Å². The molecule has 1 heterocycles. The Morgan fingerprint density at radius 1 is 1.16 bits per heavy atom. The molecule has 0 aromatic heterocycles. The first-order valence-corrected chi connectivity index (χ1v) is 7.66. The van der Waals surface area contributed by atoms with Crippen LogP contribution in [-0.2, 0) is 9.53 Å². The highest BCUT2D eigenvalue weighted by Crippen LogP contribution is 2.31. The fourth-order valence-corrected chi connectivity index (χ4v) is 3.33. The molecule has 1 aliphatic heterocycles. The molecule has 108 valence electrons. The van der Waals surface area contributed by atoms with Crippen LogP contribution in [0.2, 0.25) is 0 Å². The Morgan fingerprint density at radius 3 is 2.26 bits per heavy atom. The topological polar surface area (TPSA) is 64.4 Å². The summed E-state index contributed by atoms with van der Waals surface area (Å²) < 4.78 is 5.60. The summed E-state index contributed by atoms with van der Waals surface area (Å²) in [6, 6.07) is 0. The monoisotopic (exact) mass is 284 g/mol. The van der Waals surface area contributed by atoms with Gasteiger partial charge in [-0.15, -0.1) is 0 Å². The van der Waals surface area contributed by atoms with E-state index in [0.717, 1.165) is 38.5 Å².